The lowest BCUT2D eigenvalue weighted by atomic mass is 10.1. The molecule has 0 aliphatic heterocycles. The van der Waals surface area contributed by atoms with Crippen molar-refractivity contribution in [3.05, 3.63) is 58.6 Å². The molecule has 6 nitrogen and oxygen atoms in total. The highest BCUT2D eigenvalue weighted by atomic mass is 35.5. The molecule has 0 heterocycles. The molecular weight excluding hydrogens is 412 g/mol. The van der Waals surface area contributed by atoms with Crippen LogP contribution >= 0.6 is 11.6 Å². The van der Waals surface area contributed by atoms with Crippen LogP contribution in [0.1, 0.15) is 37.9 Å². The van der Waals surface area contributed by atoms with Crippen molar-refractivity contribution in [3.63, 3.8) is 0 Å². The van der Waals surface area contributed by atoms with Gasteiger partial charge in [0, 0.05) is 5.02 Å². The molecule has 0 spiro atoms. The first kappa shape index (κ1) is 23.0. The predicted octanol–water partition coefficient (Wildman–Crippen LogP) is 4.08. The Bertz CT molecular complexity index is 961. The van der Waals surface area contributed by atoms with E-state index in [4.69, 9.17) is 16.3 Å². The fourth-order valence-electron chi connectivity index (χ4n) is 3.04. The van der Waals surface area contributed by atoms with Crippen LogP contribution in [0, 0.1) is 6.92 Å². The molecule has 2 aromatic carbocycles. The number of aryl methyl sites for hydroxylation is 1. The third-order valence-electron chi connectivity index (χ3n) is 4.55. The van der Waals surface area contributed by atoms with Gasteiger partial charge in [-0.3, -0.25) is 9.10 Å². The first-order chi connectivity index (χ1) is 13.5. The number of ether oxygens (including phenoxy) is 1. The van der Waals surface area contributed by atoms with Crippen molar-refractivity contribution in [1.29, 1.82) is 0 Å². The van der Waals surface area contributed by atoms with E-state index in [1.807, 2.05) is 38.1 Å². The molecule has 8 heteroatoms. The summed E-state index contributed by atoms with van der Waals surface area (Å²) in [5.41, 5.74) is 1.98. The van der Waals surface area contributed by atoms with Gasteiger partial charge in [-0.25, -0.2) is 8.42 Å². The maximum Gasteiger partial charge on any atom is 0.244 e. The minimum atomic E-state index is -3.72. The first-order valence-corrected chi connectivity index (χ1v) is 11.6. The van der Waals surface area contributed by atoms with Gasteiger partial charge in [0.25, 0.3) is 0 Å². The van der Waals surface area contributed by atoms with Gasteiger partial charge in [0.2, 0.25) is 15.9 Å². The molecule has 0 aliphatic rings. The van der Waals surface area contributed by atoms with Crippen molar-refractivity contribution < 1.29 is 17.9 Å². The van der Waals surface area contributed by atoms with Gasteiger partial charge in [-0.15, -0.1) is 0 Å². The van der Waals surface area contributed by atoms with Crippen LogP contribution in [0.3, 0.4) is 0 Å². The van der Waals surface area contributed by atoms with E-state index in [0.29, 0.717) is 22.9 Å². The van der Waals surface area contributed by atoms with Crippen LogP contribution in [0.25, 0.3) is 0 Å². The standard InChI is InChI=1S/C21H27ClN2O4S/c1-6-28-19-11-8-17(9-12-19)15(3)23-21(25)16(4)24(29(5,26)27)20-13-18(22)10-7-14(20)2/h7-13,15-16H,6H2,1-5H3,(H,23,25). The number of hydrogen-bond donors (Lipinski definition) is 1. The summed E-state index contributed by atoms with van der Waals surface area (Å²) < 4.78 is 31.5. The van der Waals surface area contributed by atoms with Gasteiger partial charge in [0.1, 0.15) is 11.8 Å². The summed E-state index contributed by atoms with van der Waals surface area (Å²) >= 11 is 6.06. The lowest BCUT2D eigenvalue weighted by molar-refractivity contribution is -0.122. The normalized spacial score (nSPS) is 13.4. The average molecular weight is 439 g/mol. The highest BCUT2D eigenvalue weighted by molar-refractivity contribution is 7.92. The highest BCUT2D eigenvalue weighted by Gasteiger charge is 2.31. The number of benzene rings is 2. The van der Waals surface area contributed by atoms with Crippen molar-refractivity contribution in [2.45, 2.75) is 39.8 Å². The molecule has 2 unspecified atom stereocenters. The zero-order valence-electron chi connectivity index (χ0n) is 17.3. The zero-order chi connectivity index (χ0) is 21.8. The fraction of sp³-hybridized carbons (Fsp3) is 0.381. The van der Waals surface area contributed by atoms with Crippen molar-refractivity contribution >= 4 is 33.2 Å². The van der Waals surface area contributed by atoms with E-state index >= 15 is 0 Å². The van der Waals surface area contributed by atoms with Crippen LogP contribution in [-0.2, 0) is 14.8 Å². The maximum absolute atomic E-state index is 12.9. The largest absolute Gasteiger partial charge is 0.494 e. The van der Waals surface area contributed by atoms with Gasteiger partial charge in [-0.2, -0.15) is 0 Å². The Morgan fingerprint density at radius 1 is 1.17 bits per heavy atom. The summed E-state index contributed by atoms with van der Waals surface area (Å²) in [4.78, 5) is 12.9. The van der Waals surface area contributed by atoms with E-state index in [0.717, 1.165) is 21.9 Å². The number of anilines is 1. The Morgan fingerprint density at radius 3 is 2.34 bits per heavy atom. The molecule has 0 saturated carbocycles. The summed E-state index contributed by atoms with van der Waals surface area (Å²) in [7, 11) is -3.72. The second kappa shape index (κ2) is 9.50. The maximum atomic E-state index is 12.9. The minimum absolute atomic E-state index is 0.303. The van der Waals surface area contributed by atoms with Crippen molar-refractivity contribution in [2.75, 3.05) is 17.2 Å². The molecule has 0 fully saturated rings. The zero-order valence-corrected chi connectivity index (χ0v) is 18.8. The lowest BCUT2D eigenvalue weighted by Gasteiger charge is -2.30. The Morgan fingerprint density at radius 2 is 1.79 bits per heavy atom. The predicted molar refractivity (Wildman–Crippen MR) is 117 cm³/mol. The molecule has 29 heavy (non-hydrogen) atoms. The molecule has 0 bridgehead atoms. The summed E-state index contributed by atoms with van der Waals surface area (Å²) in [5, 5.41) is 3.28. The Balaban J connectivity index is 2.24. The van der Waals surface area contributed by atoms with E-state index in [1.54, 1.807) is 32.0 Å². The first-order valence-electron chi connectivity index (χ1n) is 9.33. The van der Waals surface area contributed by atoms with Gasteiger partial charge < -0.3 is 10.1 Å². The van der Waals surface area contributed by atoms with E-state index in [1.165, 1.54) is 0 Å². The van der Waals surface area contributed by atoms with Gasteiger partial charge in [0.05, 0.1) is 24.6 Å². The SMILES string of the molecule is CCOc1ccc(C(C)NC(=O)C(C)N(c2cc(Cl)ccc2C)S(C)(=O)=O)cc1. The van der Waals surface area contributed by atoms with Crippen LogP contribution in [0.5, 0.6) is 5.75 Å². The van der Waals surface area contributed by atoms with Gasteiger partial charge in [-0.05, 0) is 63.1 Å². The van der Waals surface area contributed by atoms with Crippen LogP contribution in [0.15, 0.2) is 42.5 Å². The number of amides is 1. The van der Waals surface area contributed by atoms with Crippen molar-refractivity contribution in [3.8, 4) is 5.75 Å². The van der Waals surface area contributed by atoms with E-state index in [2.05, 4.69) is 5.32 Å². The Kier molecular flexibility index (Phi) is 7.54. The van der Waals surface area contributed by atoms with Gasteiger partial charge >= 0.3 is 0 Å². The van der Waals surface area contributed by atoms with Crippen molar-refractivity contribution in [1.82, 2.24) is 5.32 Å². The topological polar surface area (TPSA) is 75.7 Å². The molecule has 0 saturated heterocycles. The number of halogens is 1. The van der Waals surface area contributed by atoms with Gasteiger partial charge in [-0.1, -0.05) is 29.8 Å². The molecule has 1 N–H and O–H groups in total. The molecule has 0 aliphatic carbocycles. The Hall–Kier alpha value is -2.25. The summed E-state index contributed by atoms with van der Waals surface area (Å²) in [5.74, 6) is 0.346. The van der Waals surface area contributed by atoms with Crippen LogP contribution in [0.4, 0.5) is 5.69 Å². The average Bonchev–Trinajstić information content (AvgIpc) is 2.64. The molecule has 0 radical (unpaired) electrons. The van der Waals surface area contributed by atoms with E-state index in [9.17, 15) is 13.2 Å². The second-order valence-electron chi connectivity index (χ2n) is 6.90. The number of sulfonamides is 1. The molecule has 2 rings (SSSR count). The monoisotopic (exact) mass is 438 g/mol. The van der Waals surface area contributed by atoms with Crippen LogP contribution < -0.4 is 14.4 Å². The van der Waals surface area contributed by atoms with E-state index in [-0.39, 0.29) is 6.04 Å². The fourth-order valence-corrected chi connectivity index (χ4v) is 4.43. The van der Waals surface area contributed by atoms with Crippen LogP contribution in [0.2, 0.25) is 5.02 Å². The summed E-state index contributed by atoms with van der Waals surface area (Å²) in [6.45, 7) is 7.66. The number of carbonyl (C=O) groups is 1. The van der Waals surface area contributed by atoms with Crippen LogP contribution in [-0.4, -0.2) is 33.2 Å². The summed E-state index contributed by atoms with van der Waals surface area (Å²) in [6, 6.07) is 11.1. The molecule has 158 valence electrons. The number of nitrogens with zero attached hydrogens (tertiary/aromatic N) is 1. The number of hydrogen-bond acceptors (Lipinski definition) is 4. The smallest absolute Gasteiger partial charge is 0.244 e. The molecular formula is C21H27ClN2O4S. The highest BCUT2D eigenvalue weighted by Crippen LogP contribution is 2.28. The second-order valence-corrected chi connectivity index (χ2v) is 9.19. The molecule has 2 atom stereocenters. The molecule has 0 aromatic heterocycles. The molecule has 1 amide bonds. The Labute approximate surface area is 177 Å². The third kappa shape index (κ3) is 5.87. The van der Waals surface area contributed by atoms with Gasteiger partial charge in [0.15, 0.2) is 0 Å². The number of nitrogens with one attached hydrogen (secondary N) is 1. The minimum Gasteiger partial charge on any atom is -0.494 e. The van der Waals surface area contributed by atoms with E-state index < -0.39 is 22.0 Å². The number of rotatable bonds is 8. The lowest BCUT2D eigenvalue weighted by Crippen LogP contribution is -2.48. The molecule has 2 aromatic rings. The summed E-state index contributed by atoms with van der Waals surface area (Å²) in [6.07, 6.45) is 1.08. The van der Waals surface area contributed by atoms with Crippen molar-refractivity contribution in [2.24, 2.45) is 0 Å². The third-order valence-corrected chi connectivity index (χ3v) is 6.01. The quantitative estimate of drug-likeness (QED) is 0.673. The number of carbonyl (C=O) groups excluding carboxylic acids is 1.